The Labute approximate surface area is 88.5 Å². The first-order valence-electron chi connectivity index (χ1n) is 4.73. The monoisotopic (exact) mass is 241 g/mol. The smallest absolute Gasteiger partial charge is 0.0175 e. The fourth-order valence-electron chi connectivity index (χ4n) is 1.54. The molecule has 0 aromatic heterocycles. The van der Waals surface area contributed by atoms with Crippen molar-refractivity contribution in [3.63, 3.8) is 0 Å². The van der Waals surface area contributed by atoms with E-state index in [1.165, 1.54) is 12.0 Å². The molecule has 1 aromatic rings. The summed E-state index contributed by atoms with van der Waals surface area (Å²) in [5.41, 5.74) is 6.96. The van der Waals surface area contributed by atoms with Crippen molar-refractivity contribution in [3.8, 4) is 0 Å². The van der Waals surface area contributed by atoms with Crippen LogP contribution in [0.15, 0.2) is 28.7 Å². The Morgan fingerprint density at radius 3 is 2.38 bits per heavy atom. The molecule has 72 valence electrons. The van der Waals surface area contributed by atoms with E-state index < -0.39 is 0 Å². The number of benzene rings is 1. The lowest BCUT2D eigenvalue weighted by atomic mass is 9.93. The Morgan fingerprint density at radius 1 is 1.31 bits per heavy atom. The fourth-order valence-corrected chi connectivity index (χ4v) is 1.81. The maximum Gasteiger partial charge on any atom is 0.0175 e. The summed E-state index contributed by atoms with van der Waals surface area (Å²) in [6, 6.07) is 8.53. The van der Waals surface area contributed by atoms with Gasteiger partial charge >= 0.3 is 0 Å². The standard InChI is InChI=1S/C11H16BrN/c1-2-9(7-8-13)10-3-5-11(12)6-4-10/h3-6,9H,2,7-8,13H2,1H3. The van der Waals surface area contributed by atoms with E-state index in [2.05, 4.69) is 47.1 Å². The van der Waals surface area contributed by atoms with Gasteiger partial charge in [-0.25, -0.2) is 0 Å². The predicted octanol–water partition coefficient (Wildman–Crippen LogP) is 3.29. The van der Waals surface area contributed by atoms with Crippen molar-refractivity contribution in [1.82, 2.24) is 0 Å². The van der Waals surface area contributed by atoms with Crippen LogP contribution in [0.1, 0.15) is 31.2 Å². The van der Waals surface area contributed by atoms with Crippen LogP contribution in [0.2, 0.25) is 0 Å². The Bertz CT molecular complexity index is 243. The van der Waals surface area contributed by atoms with Crippen LogP contribution in [0.5, 0.6) is 0 Å². The van der Waals surface area contributed by atoms with Gasteiger partial charge in [0.15, 0.2) is 0 Å². The van der Waals surface area contributed by atoms with E-state index in [1.807, 2.05) is 0 Å². The molecule has 0 heterocycles. The molecule has 2 heteroatoms. The zero-order chi connectivity index (χ0) is 9.68. The first-order valence-corrected chi connectivity index (χ1v) is 5.52. The van der Waals surface area contributed by atoms with Gasteiger partial charge in [0.25, 0.3) is 0 Å². The lowest BCUT2D eigenvalue weighted by molar-refractivity contribution is 0.614. The van der Waals surface area contributed by atoms with Gasteiger partial charge in [0, 0.05) is 4.47 Å². The van der Waals surface area contributed by atoms with E-state index in [1.54, 1.807) is 0 Å². The average Bonchev–Trinajstić information content (AvgIpc) is 2.16. The normalized spacial score (nSPS) is 12.8. The quantitative estimate of drug-likeness (QED) is 0.861. The van der Waals surface area contributed by atoms with Crippen LogP contribution in [-0.4, -0.2) is 6.54 Å². The molecule has 1 aromatic carbocycles. The highest BCUT2D eigenvalue weighted by Crippen LogP contribution is 2.23. The molecule has 1 unspecified atom stereocenters. The molecule has 0 bridgehead atoms. The number of hydrogen-bond donors (Lipinski definition) is 1. The second kappa shape index (κ2) is 5.40. The van der Waals surface area contributed by atoms with E-state index in [0.29, 0.717) is 5.92 Å². The van der Waals surface area contributed by atoms with Crippen molar-refractivity contribution in [2.45, 2.75) is 25.7 Å². The molecule has 0 amide bonds. The minimum atomic E-state index is 0.623. The lowest BCUT2D eigenvalue weighted by Gasteiger charge is -2.13. The van der Waals surface area contributed by atoms with Crippen LogP contribution in [0.25, 0.3) is 0 Å². The first-order chi connectivity index (χ1) is 6.27. The fraction of sp³-hybridized carbons (Fsp3) is 0.455. The Hall–Kier alpha value is -0.340. The molecule has 1 nitrogen and oxygen atoms in total. The number of rotatable bonds is 4. The Kier molecular flexibility index (Phi) is 4.46. The van der Waals surface area contributed by atoms with Crippen LogP contribution in [0, 0.1) is 0 Å². The summed E-state index contributed by atoms with van der Waals surface area (Å²) in [6.45, 7) is 2.98. The van der Waals surface area contributed by atoms with Gasteiger partial charge in [-0.05, 0) is 43.0 Å². The average molecular weight is 242 g/mol. The molecule has 0 aliphatic heterocycles. The van der Waals surface area contributed by atoms with Crippen molar-refractivity contribution in [2.75, 3.05) is 6.54 Å². The van der Waals surface area contributed by atoms with Crippen molar-refractivity contribution < 1.29 is 0 Å². The molecule has 1 rings (SSSR count). The summed E-state index contributed by atoms with van der Waals surface area (Å²) < 4.78 is 1.14. The summed E-state index contributed by atoms with van der Waals surface area (Å²) in [4.78, 5) is 0. The number of halogens is 1. The minimum Gasteiger partial charge on any atom is -0.330 e. The first kappa shape index (κ1) is 10.7. The van der Waals surface area contributed by atoms with Crippen LogP contribution in [0.3, 0.4) is 0 Å². The zero-order valence-corrected chi connectivity index (χ0v) is 9.55. The molecular formula is C11H16BrN. The van der Waals surface area contributed by atoms with E-state index in [0.717, 1.165) is 17.4 Å². The molecular weight excluding hydrogens is 226 g/mol. The van der Waals surface area contributed by atoms with Gasteiger partial charge in [0.05, 0.1) is 0 Å². The second-order valence-corrected chi connectivity index (χ2v) is 4.15. The molecule has 0 spiro atoms. The Balaban J connectivity index is 2.73. The van der Waals surface area contributed by atoms with Gasteiger partial charge < -0.3 is 5.73 Å². The van der Waals surface area contributed by atoms with Crippen molar-refractivity contribution >= 4 is 15.9 Å². The van der Waals surface area contributed by atoms with E-state index in [9.17, 15) is 0 Å². The number of nitrogens with two attached hydrogens (primary N) is 1. The van der Waals surface area contributed by atoms with Gasteiger partial charge in [0.2, 0.25) is 0 Å². The zero-order valence-electron chi connectivity index (χ0n) is 7.96. The highest BCUT2D eigenvalue weighted by molar-refractivity contribution is 9.10. The summed E-state index contributed by atoms with van der Waals surface area (Å²) >= 11 is 3.43. The lowest BCUT2D eigenvalue weighted by Crippen LogP contribution is -2.06. The summed E-state index contributed by atoms with van der Waals surface area (Å²) in [5.74, 6) is 0.623. The van der Waals surface area contributed by atoms with Crippen LogP contribution >= 0.6 is 15.9 Å². The summed E-state index contributed by atoms with van der Waals surface area (Å²) in [6.07, 6.45) is 2.25. The van der Waals surface area contributed by atoms with Gasteiger partial charge in [0.1, 0.15) is 0 Å². The molecule has 0 fully saturated rings. The third-order valence-electron chi connectivity index (χ3n) is 2.35. The van der Waals surface area contributed by atoms with E-state index in [-0.39, 0.29) is 0 Å². The largest absolute Gasteiger partial charge is 0.330 e. The molecule has 13 heavy (non-hydrogen) atoms. The van der Waals surface area contributed by atoms with Gasteiger partial charge in [-0.2, -0.15) is 0 Å². The molecule has 0 saturated heterocycles. The highest BCUT2D eigenvalue weighted by Gasteiger charge is 2.07. The molecule has 2 N–H and O–H groups in total. The molecule has 0 saturated carbocycles. The van der Waals surface area contributed by atoms with Crippen LogP contribution in [0.4, 0.5) is 0 Å². The summed E-state index contributed by atoms with van der Waals surface area (Å²) in [7, 11) is 0. The van der Waals surface area contributed by atoms with E-state index >= 15 is 0 Å². The second-order valence-electron chi connectivity index (χ2n) is 3.23. The topological polar surface area (TPSA) is 26.0 Å². The van der Waals surface area contributed by atoms with Gasteiger partial charge in [-0.3, -0.25) is 0 Å². The predicted molar refractivity (Wildman–Crippen MR) is 60.8 cm³/mol. The van der Waals surface area contributed by atoms with Crippen molar-refractivity contribution in [2.24, 2.45) is 5.73 Å². The highest BCUT2D eigenvalue weighted by atomic mass is 79.9. The SMILES string of the molecule is CCC(CCN)c1ccc(Br)cc1. The maximum atomic E-state index is 5.56. The molecule has 0 aliphatic rings. The van der Waals surface area contributed by atoms with Crippen molar-refractivity contribution in [1.29, 1.82) is 0 Å². The summed E-state index contributed by atoms with van der Waals surface area (Å²) in [5, 5.41) is 0. The van der Waals surface area contributed by atoms with Gasteiger partial charge in [-0.1, -0.05) is 35.0 Å². The van der Waals surface area contributed by atoms with Crippen molar-refractivity contribution in [3.05, 3.63) is 34.3 Å². The third-order valence-corrected chi connectivity index (χ3v) is 2.88. The maximum absolute atomic E-state index is 5.56. The Morgan fingerprint density at radius 2 is 1.92 bits per heavy atom. The molecule has 0 radical (unpaired) electrons. The van der Waals surface area contributed by atoms with Crippen LogP contribution in [-0.2, 0) is 0 Å². The molecule has 1 atom stereocenters. The minimum absolute atomic E-state index is 0.623. The number of hydrogen-bond acceptors (Lipinski definition) is 1. The molecule has 0 aliphatic carbocycles. The third kappa shape index (κ3) is 3.12. The van der Waals surface area contributed by atoms with Crippen LogP contribution < -0.4 is 5.73 Å². The van der Waals surface area contributed by atoms with E-state index in [4.69, 9.17) is 5.73 Å². The van der Waals surface area contributed by atoms with Gasteiger partial charge in [-0.15, -0.1) is 0 Å².